The molecule has 0 heterocycles. The molecule has 0 saturated heterocycles. The van der Waals surface area contributed by atoms with Crippen molar-refractivity contribution in [2.75, 3.05) is 25.0 Å². The summed E-state index contributed by atoms with van der Waals surface area (Å²) >= 11 is 0. The Kier molecular flexibility index (Phi) is 4.68. The van der Waals surface area contributed by atoms with E-state index >= 15 is 0 Å². The highest BCUT2D eigenvalue weighted by atomic mass is 19.3. The topological polar surface area (TPSA) is 29.3 Å². The monoisotopic (exact) mass is 228 g/mol. The molecule has 90 valence electrons. The Bertz CT molecular complexity index is 340. The van der Waals surface area contributed by atoms with Crippen molar-refractivity contribution >= 4 is 5.69 Å². The van der Waals surface area contributed by atoms with E-state index in [1.807, 2.05) is 25.1 Å². The van der Waals surface area contributed by atoms with Gasteiger partial charge in [-0.3, -0.25) is 0 Å². The lowest BCUT2D eigenvalue weighted by atomic mass is 10.1. The molecular formula is C12H18F2N2. The van der Waals surface area contributed by atoms with Crippen molar-refractivity contribution in [2.45, 2.75) is 19.8 Å². The van der Waals surface area contributed by atoms with E-state index in [4.69, 9.17) is 5.73 Å². The molecule has 0 atom stereocenters. The molecule has 1 rings (SSSR count). The number of aryl methyl sites for hydroxylation is 1. The number of hydrogen-bond acceptors (Lipinski definition) is 2. The van der Waals surface area contributed by atoms with Crippen LogP contribution in [0.3, 0.4) is 0 Å². The molecule has 0 spiro atoms. The minimum Gasteiger partial charge on any atom is -0.369 e. The second-order valence-electron chi connectivity index (χ2n) is 3.93. The molecular weight excluding hydrogens is 210 g/mol. The number of alkyl halides is 2. The number of nitrogens with two attached hydrogens (primary N) is 1. The fourth-order valence-electron chi connectivity index (χ4n) is 1.77. The highest BCUT2D eigenvalue weighted by Gasteiger charge is 2.10. The van der Waals surface area contributed by atoms with Crippen molar-refractivity contribution in [1.82, 2.24) is 0 Å². The average molecular weight is 228 g/mol. The van der Waals surface area contributed by atoms with Gasteiger partial charge in [0.2, 0.25) is 0 Å². The van der Waals surface area contributed by atoms with Crippen LogP contribution in [0.15, 0.2) is 18.2 Å². The maximum absolute atomic E-state index is 12.2. The van der Waals surface area contributed by atoms with E-state index in [-0.39, 0.29) is 6.54 Å². The SMILES string of the molecule is Cc1cc(CCN)ccc1N(C)CC(F)F. The fourth-order valence-corrected chi connectivity index (χ4v) is 1.77. The Hall–Kier alpha value is -1.16. The first-order valence-corrected chi connectivity index (χ1v) is 5.33. The standard InChI is InChI=1S/C12H18F2N2/c1-9-7-10(5-6-15)3-4-11(9)16(2)8-12(13)14/h3-4,7,12H,5-6,8,15H2,1-2H3. The quantitative estimate of drug-likeness (QED) is 0.837. The Labute approximate surface area is 95.1 Å². The normalized spacial score (nSPS) is 10.9. The molecule has 0 unspecified atom stereocenters. The summed E-state index contributed by atoms with van der Waals surface area (Å²) in [5.41, 5.74) is 8.47. The first kappa shape index (κ1) is 12.9. The van der Waals surface area contributed by atoms with Crippen LogP contribution in [0.2, 0.25) is 0 Å². The molecule has 0 aliphatic heterocycles. The lowest BCUT2D eigenvalue weighted by molar-refractivity contribution is 0.156. The van der Waals surface area contributed by atoms with E-state index in [9.17, 15) is 8.78 Å². The van der Waals surface area contributed by atoms with Gasteiger partial charge in [0.05, 0.1) is 6.54 Å². The summed E-state index contributed by atoms with van der Waals surface area (Å²) < 4.78 is 24.5. The van der Waals surface area contributed by atoms with Gasteiger partial charge in [-0.15, -0.1) is 0 Å². The van der Waals surface area contributed by atoms with Gasteiger partial charge in [0.15, 0.2) is 0 Å². The second-order valence-corrected chi connectivity index (χ2v) is 3.93. The van der Waals surface area contributed by atoms with E-state index in [0.29, 0.717) is 6.54 Å². The number of hydrogen-bond donors (Lipinski definition) is 1. The molecule has 0 bridgehead atoms. The summed E-state index contributed by atoms with van der Waals surface area (Å²) in [6.07, 6.45) is -1.49. The summed E-state index contributed by atoms with van der Waals surface area (Å²) in [7, 11) is 1.68. The number of halogens is 2. The van der Waals surface area contributed by atoms with Crippen molar-refractivity contribution < 1.29 is 8.78 Å². The smallest absolute Gasteiger partial charge is 0.255 e. The van der Waals surface area contributed by atoms with Gasteiger partial charge in [0.25, 0.3) is 6.43 Å². The molecule has 1 aromatic rings. The Morgan fingerprint density at radius 2 is 2.06 bits per heavy atom. The van der Waals surface area contributed by atoms with Gasteiger partial charge >= 0.3 is 0 Å². The zero-order valence-corrected chi connectivity index (χ0v) is 9.71. The molecule has 0 saturated carbocycles. The number of benzene rings is 1. The molecule has 16 heavy (non-hydrogen) atoms. The summed E-state index contributed by atoms with van der Waals surface area (Å²) in [6.45, 7) is 2.29. The van der Waals surface area contributed by atoms with Crippen LogP contribution in [0, 0.1) is 6.92 Å². The van der Waals surface area contributed by atoms with Crippen molar-refractivity contribution in [3.8, 4) is 0 Å². The number of anilines is 1. The molecule has 0 aromatic heterocycles. The third-order valence-electron chi connectivity index (χ3n) is 2.52. The van der Waals surface area contributed by atoms with Gasteiger partial charge in [0, 0.05) is 12.7 Å². The van der Waals surface area contributed by atoms with Crippen LogP contribution in [-0.2, 0) is 6.42 Å². The van der Waals surface area contributed by atoms with Crippen LogP contribution in [-0.4, -0.2) is 26.6 Å². The lowest BCUT2D eigenvalue weighted by Gasteiger charge is -2.21. The van der Waals surface area contributed by atoms with Crippen molar-refractivity contribution in [2.24, 2.45) is 5.73 Å². The average Bonchev–Trinajstić information content (AvgIpc) is 2.16. The summed E-state index contributed by atoms with van der Waals surface area (Å²) in [6, 6.07) is 5.82. The number of nitrogens with zero attached hydrogens (tertiary/aromatic N) is 1. The number of rotatable bonds is 5. The summed E-state index contributed by atoms with van der Waals surface area (Å²) in [5, 5.41) is 0. The maximum Gasteiger partial charge on any atom is 0.255 e. The van der Waals surface area contributed by atoms with E-state index in [1.165, 1.54) is 0 Å². The van der Waals surface area contributed by atoms with Crippen molar-refractivity contribution in [3.63, 3.8) is 0 Å². The Balaban J connectivity index is 2.81. The fraction of sp³-hybridized carbons (Fsp3) is 0.500. The van der Waals surface area contributed by atoms with Crippen LogP contribution in [0.1, 0.15) is 11.1 Å². The van der Waals surface area contributed by atoms with Gasteiger partial charge in [-0.2, -0.15) is 0 Å². The van der Waals surface area contributed by atoms with E-state index in [1.54, 1.807) is 11.9 Å². The van der Waals surface area contributed by atoms with Gasteiger partial charge in [0.1, 0.15) is 0 Å². The molecule has 0 aliphatic rings. The minimum atomic E-state index is -2.31. The highest BCUT2D eigenvalue weighted by Crippen LogP contribution is 2.21. The third kappa shape index (κ3) is 3.45. The van der Waals surface area contributed by atoms with Crippen LogP contribution in [0.5, 0.6) is 0 Å². The molecule has 0 radical (unpaired) electrons. The maximum atomic E-state index is 12.2. The summed E-state index contributed by atoms with van der Waals surface area (Å²) in [4.78, 5) is 1.58. The van der Waals surface area contributed by atoms with Crippen LogP contribution >= 0.6 is 0 Å². The Morgan fingerprint density at radius 3 is 2.56 bits per heavy atom. The molecule has 0 aliphatic carbocycles. The third-order valence-corrected chi connectivity index (χ3v) is 2.52. The van der Waals surface area contributed by atoms with E-state index in [0.717, 1.165) is 23.2 Å². The van der Waals surface area contributed by atoms with Crippen LogP contribution < -0.4 is 10.6 Å². The minimum absolute atomic E-state index is 0.239. The molecule has 0 fully saturated rings. The van der Waals surface area contributed by atoms with E-state index in [2.05, 4.69) is 0 Å². The summed E-state index contributed by atoms with van der Waals surface area (Å²) in [5.74, 6) is 0. The first-order chi connectivity index (χ1) is 7.54. The molecule has 1 aromatic carbocycles. The lowest BCUT2D eigenvalue weighted by Crippen LogP contribution is -2.24. The zero-order valence-electron chi connectivity index (χ0n) is 9.71. The first-order valence-electron chi connectivity index (χ1n) is 5.33. The molecule has 2 nitrogen and oxygen atoms in total. The van der Waals surface area contributed by atoms with Crippen LogP contribution in [0.25, 0.3) is 0 Å². The van der Waals surface area contributed by atoms with Gasteiger partial charge in [-0.25, -0.2) is 8.78 Å². The zero-order chi connectivity index (χ0) is 12.1. The van der Waals surface area contributed by atoms with Gasteiger partial charge in [-0.05, 0) is 37.1 Å². The largest absolute Gasteiger partial charge is 0.369 e. The second kappa shape index (κ2) is 5.80. The van der Waals surface area contributed by atoms with Crippen molar-refractivity contribution in [1.29, 1.82) is 0 Å². The molecule has 4 heteroatoms. The highest BCUT2D eigenvalue weighted by molar-refractivity contribution is 5.54. The predicted molar refractivity (Wildman–Crippen MR) is 63.2 cm³/mol. The molecule has 0 amide bonds. The predicted octanol–water partition coefficient (Wildman–Crippen LogP) is 2.20. The van der Waals surface area contributed by atoms with Crippen LogP contribution in [0.4, 0.5) is 14.5 Å². The van der Waals surface area contributed by atoms with Gasteiger partial charge < -0.3 is 10.6 Å². The van der Waals surface area contributed by atoms with Gasteiger partial charge in [-0.1, -0.05) is 12.1 Å². The van der Waals surface area contributed by atoms with E-state index < -0.39 is 6.43 Å². The Morgan fingerprint density at radius 1 is 1.38 bits per heavy atom. The van der Waals surface area contributed by atoms with Crippen molar-refractivity contribution in [3.05, 3.63) is 29.3 Å². The molecule has 2 N–H and O–H groups in total.